The van der Waals surface area contributed by atoms with Crippen LogP contribution in [-0.2, 0) is 9.63 Å². The van der Waals surface area contributed by atoms with Gasteiger partial charge in [-0.15, -0.1) is 0 Å². The summed E-state index contributed by atoms with van der Waals surface area (Å²) in [6.07, 6.45) is 3.94. The third kappa shape index (κ3) is 2.49. The predicted molar refractivity (Wildman–Crippen MR) is 58.9 cm³/mol. The maximum absolute atomic E-state index is 12.1. The Morgan fingerprint density at radius 2 is 2.07 bits per heavy atom. The van der Waals surface area contributed by atoms with E-state index in [0.29, 0.717) is 12.5 Å². The van der Waals surface area contributed by atoms with Crippen LogP contribution in [-0.4, -0.2) is 31.7 Å². The van der Waals surface area contributed by atoms with E-state index in [9.17, 15) is 4.79 Å². The molecule has 0 radical (unpaired) electrons. The van der Waals surface area contributed by atoms with E-state index >= 15 is 0 Å². The summed E-state index contributed by atoms with van der Waals surface area (Å²) in [5.74, 6) is 0.740. The normalized spacial score (nSPS) is 31.3. The molecule has 0 aromatic rings. The number of nitrogens with zero attached hydrogens (tertiary/aromatic N) is 1. The third-order valence-electron chi connectivity index (χ3n) is 3.64. The van der Waals surface area contributed by atoms with E-state index in [0.717, 1.165) is 25.7 Å². The molecule has 0 heterocycles. The first kappa shape index (κ1) is 12.5. The van der Waals surface area contributed by atoms with Crippen molar-refractivity contribution in [3.8, 4) is 0 Å². The standard InChI is InChI=1S/C11H22N2O2/c1-9-4-6-11(8-12,7-5-9)10(14)13(2)15-3/h9H,4-8,12H2,1-3H3. The molecule has 15 heavy (non-hydrogen) atoms. The van der Waals surface area contributed by atoms with Crippen LogP contribution >= 0.6 is 0 Å². The van der Waals surface area contributed by atoms with Gasteiger partial charge in [0.2, 0.25) is 0 Å². The molecular weight excluding hydrogens is 192 g/mol. The molecule has 0 saturated heterocycles. The molecule has 0 unspecified atom stereocenters. The van der Waals surface area contributed by atoms with Crippen LogP contribution in [0.2, 0.25) is 0 Å². The lowest BCUT2D eigenvalue weighted by atomic mass is 9.70. The Labute approximate surface area is 91.7 Å². The van der Waals surface area contributed by atoms with Crippen molar-refractivity contribution in [1.29, 1.82) is 0 Å². The Balaban J connectivity index is 2.72. The fourth-order valence-corrected chi connectivity index (χ4v) is 2.24. The molecule has 1 aliphatic rings. The number of amides is 1. The first-order valence-corrected chi connectivity index (χ1v) is 5.58. The minimum Gasteiger partial charge on any atom is -0.329 e. The summed E-state index contributed by atoms with van der Waals surface area (Å²) in [5.41, 5.74) is 5.40. The van der Waals surface area contributed by atoms with E-state index in [1.54, 1.807) is 7.05 Å². The van der Waals surface area contributed by atoms with Gasteiger partial charge in [0.25, 0.3) is 5.91 Å². The van der Waals surface area contributed by atoms with E-state index in [1.165, 1.54) is 12.2 Å². The highest BCUT2D eigenvalue weighted by molar-refractivity contribution is 5.82. The molecular formula is C11H22N2O2. The van der Waals surface area contributed by atoms with Crippen LogP contribution in [0, 0.1) is 11.3 Å². The van der Waals surface area contributed by atoms with Crippen molar-refractivity contribution in [3.05, 3.63) is 0 Å². The van der Waals surface area contributed by atoms with Gasteiger partial charge < -0.3 is 5.73 Å². The predicted octanol–water partition coefficient (Wildman–Crippen LogP) is 1.16. The van der Waals surface area contributed by atoms with Crippen molar-refractivity contribution >= 4 is 5.91 Å². The molecule has 1 amide bonds. The summed E-state index contributed by atoms with van der Waals surface area (Å²) < 4.78 is 0. The average molecular weight is 214 g/mol. The van der Waals surface area contributed by atoms with E-state index in [4.69, 9.17) is 10.6 Å². The number of hydrogen-bond donors (Lipinski definition) is 1. The summed E-state index contributed by atoms with van der Waals surface area (Å²) in [6, 6.07) is 0. The zero-order chi connectivity index (χ0) is 11.5. The molecule has 88 valence electrons. The molecule has 0 spiro atoms. The number of nitrogens with two attached hydrogens (primary N) is 1. The molecule has 1 fully saturated rings. The van der Waals surface area contributed by atoms with Crippen LogP contribution in [0.5, 0.6) is 0 Å². The molecule has 1 rings (SSSR count). The second-order valence-corrected chi connectivity index (χ2v) is 4.65. The Morgan fingerprint density at radius 1 is 1.53 bits per heavy atom. The van der Waals surface area contributed by atoms with Gasteiger partial charge in [0.05, 0.1) is 12.5 Å². The topological polar surface area (TPSA) is 55.6 Å². The van der Waals surface area contributed by atoms with E-state index in [-0.39, 0.29) is 11.3 Å². The lowest BCUT2D eigenvalue weighted by Crippen LogP contribution is -2.48. The zero-order valence-electron chi connectivity index (χ0n) is 9.95. The highest BCUT2D eigenvalue weighted by Gasteiger charge is 2.41. The van der Waals surface area contributed by atoms with Gasteiger partial charge in [0.1, 0.15) is 0 Å². The molecule has 4 nitrogen and oxygen atoms in total. The van der Waals surface area contributed by atoms with E-state index < -0.39 is 0 Å². The monoisotopic (exact) mass is 214 g/mol. The summed E-state index contributed by atoms with van der Waals surface area (Å²) in [5, 5.41) is 1.31. The van der Waals surface area contributed by atoms with Gasteiger partial charge in [-0.25, -0.2) is 5.06 Å². The molecule has 0 aromatic carbocycles. The van der Waals surface area contributed by atoms with Crippen LogP contribution in [0.3, 0.4) is 0 Å². The van der Waals surface area contributed by atoms with Crippen molar-refractivity contribution in [3.63, 3.8) is 0 Å². The number of hydroxylamine groups is 2. The summed E-state index contributed by atoms with van der Waals surface area (Å²) >= 11 is 0. The Kier molecular flexibility index (Phi) is 4.11. The summed E-state index contributed by atoms with van der Waals surface area (Å²) in [6.45, 7) is 2.65. The van der Waals surface area contributed by atoms with Gasteiger partial charge in [0.15, 0.2) is 0 Å². The summed E-state index contributed by atoms with van der Waals surface area (Å²) in [4.78, 5) is 17.1. The van der Waals surface area contributed by atoms with Crippen molar-refractivity contribution in [2.75, 3.05) is 20.7 Å². The van der Waals surface area contributed by atoms with Gasteiger partial charge in [-0.05, 0) is 31.6 Å². The minimum absolute atomic E-state index is 0.0272. The molecule has 4 heteroatoms. The highest BCUT2D eigenvalue weighted by Crippen LogP contribution is 2.39. The van der Waals surface area contributed by atoms with Crippen molar-refractivity contribution in [2.24, 2.45) is 17.1 Å². The quantitative estimate of drug-likeness (QED) is 0.717. The number of carbonyl (C=O) groups is 1. The van der Waals surface area contributed by atoms with Crippen molar-refractivity contribution in [1.82, 2.24) is 5.06 Å². The van der Waals surface area contributed by atoms with E-state index in [2.05, 4.69) is 6.92 Å². The van der Waals surface area contributed by atoms with E-state index in [1.807, 2.05) is 0 Å². The molecule has 0 aliphatic heterocycles. The maximum Gasteiger partial charge on any atom is 0.253 e. The van der Waals surface area contributed by atoms with Gasteiger partial charge in [0, 0.05) is 13.6 Å². The Hall–Kier alpha value is -0.610. The smallest absolute Gasteiger partial charge is 0.253 e. The molecule has 0 atom stereocenters. The van der Waals surface area contributed by atoms with Gasteiger partial charge in [-0.1, -0.05) is 6.92 Å². The van der Waals surface area contributed by atoms with Crippen LogP contribution in [0.4, 0.5) is 0 Å². The lowest BCUT2D eigenvalue weighted by molar-refractivity contribution is -0.182. The van der Waals surface area contributed by atoms with Crippen molar-refractivity contribution in [2.45, 2.75) is 32.6 Å². The average Bonchev–Trinajstić information content (AvgIpc) is 2.28. The first-order chi connectivity index (χ1) is 7.05. The minimum atomic E-state index is -0.378. The fourth-order valence-electron chi connectivity index (χ4n) is 2.24. The van der Waals surface area contributed by atoms with Crippen LogP contribution in [0.1, 0.15) is 32.6 Å². The molecule has 1 saturated carbocycles. The highest BCUT2D eigenvalue weighted by atomic mass is 16.7. The number of rotatable bonds is 3. The fraction of sp³-hybridized carbons (Fsp3) is 0.909. The molecule has 0 aromatic heterocycles. The van der Waals surface area contributed by atoms with Gasteiger partial charge >= 0.3 is 0 Å². The van der Waals surface area contributed by atoms with Crippen molar-refractivity contribution < 1.29 is 9.63 Å². The molecule has 2 N–H and O–H groups in total. The summed E-state index contributed by atoms with van der Waals surface area (Å²) in [7, 11) is 3.16. The maximum atomic E-state index is 12.1. The van der Waals surface area contributed by atoms with Crippen LogP contribution in [0.15, 0.2) is 0 Å². The Bertz CT molecular complexity index is 223. The zero-order valence-corrected chi connectivity index (χ0v) is 9.95. The third-order valence-corrected chi connectivity index (χ3v) is 3.64. The van der Waals surface area contributed by atoms with Crippen LogP contribution < -0.4 is 5.73 Å². The van der Waals surface area contributed by atoms with Crippen LogP contribution in [0.25, 0.3) is 0 Å². The molecule has 0 bridgehead atoms. The lowest BCUT2D eigenvalue weighted by Gasteiger charge is -2.38. The Morgan fingerprint density at radius 3 is 2.47 bits per heavy atom. The number of hydrogen-bond acceptors (Lipinski definition) is 3. The largest absolute Gasteiger partial charge is 0.329 e. The first-order valence-electron chi connectivity index (χ1n) is 5.58. The SMILES string of the molecule is CON(C)C(=O)C1(CN)CCC(C)CC1. The van der Waals surface area contributed by atoms with Gasteiger partial charge in [-0.2, -0.15) is 0 Å². The number of carbonyl (C=O) groups excluding carboxylic acids is 1. The van der Waals surface area contributed by atoms with Gasteiger partial charge in [-0.3, -0.25) is 9.63 Å². The second-order valence-electron chi connectivity index (χ2n) is 4.65. The second kappa shape index (κ2) is 4.94. The molecule has 1 aliphatic carbocycles.